The third-order valence-corrected chi connectivity index (χ3v) is 2.97. The third kappa shape index (κ3) is 2.70. The van der Waals surface area contributed by atoms with E-state index in [0.29, 0.717) is 5.56 Å². The maximum absolute atomic E-state index is 13.2. The number of hydrogen-bond acceptors (Lipinski definition) is 2. The molecule has 0 unspecified atom stereocenters. The van der Waals surface area contributed by atoms with Crippen molar-refractivity contribution in [1.29, 1.82) is 0 Å². The predicted octanol–water partition coefficient (Wildman–Crippen LogP) is 3.37. The summed E-state index contributed by atoms with van der Waals surface area (Å²) in [5, 5.41) is 2.40. The Balaban J connectivity index is 2.28. The molecule has 1 aromatic carbocycles. The number of amides is 1. The number of aromatic nitrogens is 1. The van der Waals surface area contributed by atoms with Gasteiger partial charge in [0, 0.05) is 18.5 Å². The molecule has 1 amide bonds. The molecule has 92 valence electrons. The molecule has 0 spiro atoms. The van der Waals surface area contributed by atoms with E-state index in [1.165, 1.54) is 12.4 Å². The number of anilines is 1. The van der Waals surface area contributed by atoms with Crippen LogP contribution in [0.15, 0.2) is 41.1 Å². The van der Waals surface area contributed by atoms with Crippen LogP contribution in [0.3, 0.4) is 0 Å². The molecule has 0 radical (unpaired) electrons. The van der Waals surface area contributed by atoms with Gasteiger partial charge in [0.1, 0.15) is 11.6 Å². The van der Waals surface area contributed by atoms with E-state index in [9.17, 15) is 13.6 Å². The number of hydrogen-bond donors (Lipinski definition) is 1. The molecule has 0 saturated carbocycles. The first-order valence-corrected chi connectivity index (χ1v) is 5.73. The Morgan fingerprint density at radius 3 is 2.78 bits per heavy atom. The van der Waals surface area contributed by atoms with Crippen molar-refractivity contribution < 1.29 is 13.6 Å². The normalized spacial score (nSPS) is 10.2. The van der Waals surface area contributed by atoms with Gasteiger partial charge >= 0.3 is 0 Å². The minimum atomic E-state index is -0.781. The van der Waals surface area contributed by atoms with Crippen molar-refractivity contribution in [2.75, 3.05) is 5.32 Å². The molecule has 18 heavy (non-hydrogen) atoms. The van der Waals surface area contributed by atoms with Gasteiger partial charge in [-0.1, -0.05) is 0 Å². The van der Waals surface area contributed by atoms with Crippen LogP contribution in [0, 0.1) is 11.6 Å². The first kappa shape index (κ1) is 12.6. The van der Waals surface area contributed by atoms with Crippen LogP contribution in [0.25, 0.3) is 0 Å². The molecule has 0 aliphatic carbocycles. The Kier molecular flexibility index (Phi) is 3.66. The first-order valence-electron chi connectivity index (χ1n) is 4.94. The zero-order valence-electron chi connectivity index (χ0n) is 8.95. The molecule has 6 heteroatoms. The number of carbonyl (C=O) groups is 1. The lowest BCUT2D eigenvalue weighted by molar-refractivity contribution is 0.102. The standard InChI is InChI=1S/C12H7BrF2N2O/c13-11-9(15)4-8(14)5-10(11)17-12(18)7-2-1-3-16-6-7/h1-6H,(H,17,18). The summed E-state index contributed by atoms with van der Waals surface area (Å²) < 4.78 is 26.3. The molecule has 0 aliphatic rings. The van der Waals surface area contributed by atoms with Gasteiger partial charge in [0.25, 0.3) is 5.91 Å². The molecule has 0 saturated heterocycles. The van der Waals surface area contributed by atoms with Gasteiger partial charge in [-0.3, -0.25) is 9.78 Å². The van der Waals surface area contributed by atoms with Crippen LogP contribution in [-0.2, 0) is 0 Å². The number of nitrogens with zero attached hydrogens (tertiary/aromatic N) is 1. The first-order chi connectivity index (χ1) is 8.58. The zero-order valence-corrected chi connectivity index (χ0v) is 10.5. The van der Waals surface area contributed by atoms with Crippen molar-refractivity contribution in [2.45, 2.75) is 0 Å². The van der Waals surface area contributed by atoms with Crippen molar-refractivity contribution in [2.24, 2.45) is 0 Å². The summed E-state index contributed by atoms with van der Waals surface area (Å²) in [4.78, 5) is 15.6. The van der Waals surface area contributed by atoms with Crippen LogP contribution in [0.5, 0.6) is 0 Å². The Morgan fingerprint density at radius 1 is 1.33 bits per heavy atom. The highest BCUT2D eigenvalue weighted by Crippen LogP contribution is 2.27. The quantitative estimate of drug-likeness (QED) is 0.864. The predicted molar refractivity (Wildman–Crippen MR) is 66.2 cm³/mol. The summed E-state index contributed by atoms with van der Waals surface area (Å²) in [6.07, 6.45) is 2.88. The van der Waals surface area contributed by atoms with E-state index >= 15 is 0 Å². The van der Waals surface area contributed by atoms with E-state index in [1.54, 1.807) is 12.1 Å². The molecular weight excluding hydrogens is 306 g/mol. The van der Waals surface area contributed by atoms with Crippen LogP contribution in [0.4, 0.5) is 14.5 Å². The molecule has 0 atom stereocenters. The molecule has 1 N–H and O–H groups in total. The highest BCUT2D eigenvalue weighted by Gasteiger charge is 2.12. The molecule has 0 fully saturated rings. The molecular formula is C12H7BrF2N2O. The SMILES string of the molecule is O=C(Nc1cc(F)cc(F)c1Br)c1cccnc1. The summed E-state index contributed by atoms with van der Waals surface area (Å²) in [7, 11) is 0. The Labute approximate surface area is 110 Å². The second-order valence-corrected chi connectivity index (χ2v) is 4.24. The number of benzene rings is 1. The molecule has 2 rings (SSSR count). The Hall–Kier alpha value is -1.82. The number of carbonyl (C=O) groups excluding carboxylic acids is 1. The molecule has 3 nitrogen and oxygen atoms in total. The van der Waals surface area contributed by atoms with E-state index in [1.807, 2.05) is 0 Å². The van der Waals surface area contributed by atoms with E-state index < -0.39 is 17.5 Å². The minimum absolute atomic E-state index is 0.00106. The lowest BCUT2D eigenvalue weighted by atomic mass is 10.2. The van der Waals surface area contributed by atoms with Gasteiger partial charge in [-0.15, -0.1) is 0 Å². The van der Waals surface area contributed by atoms with Gasteiger partial charge in [0.2, 0.25) is 0 Å². The molecule has 1 heterocycles. The highest BCUT2D eigenvalue weighted by molar-refractivity contribution is 9.10. The van der Waals surface area contributed by atoms with Crippen molar-refractivity contribution >= 4 is 27.5 Å². The maximum Gasteiger partial charge on any atom is 0.257 e. The van der Waals surface area contributed by atoms with Gasteiger partial charge in [-0.25, -0.2) is 8.78 Å². The van der Waals surface area contributed by atoms with Crippen LogP contribution >= 0.6 is 15.9 Å². The van der Waals surface area contributed by atoms with E-state index in [-0.39, 0.29) is 10.2 Å². The summed E-state index contributed by atoms with van der Waals surface area (Å²) in [6, 6.07) is 4.90. The van der Waals surface area contributed by atoms with Crippen molar-refractivity contribution in [1.82, 2.24) is 4.98 Å². The van der Waals surface area contributed by atoms with Crippen molar-refractivity contribution in [3.63, 3.8) is 0 Å². The minimum Gasteiger partial charge on any atom is -0.321 e. The fourth-order valence-electron chi connectivity index (χ4n) is 1.34. The highest BCUT2D eigenvalue weighted by atomic mass is 79.9. The van der Waals surface area contributed by atoms with Gasteiger partial charge in [-0.2, -0.15) is 0 Å². The third-order valence-electron chi connectivity index (χ3n) is 2.16. The maximum atomic E-state index is 13.2. The summed E-state index contributed by atoms with van der Waals surface area (Å²) in [5.74, 6) is -2.04. The molecule has 0 aliphatic heterocycles. The Bertz CT molecular complexity index is 590. The summed E-state index contributed by atoms with van der Waals surface area (Å²) in [6.45, 7) is 0. The fourth-order valence-corrected chi connectivity index (χ4v) is 1.67. The van der Waals surface area contributed by atoms with E-state index in [2.05, 4.69) is 26.2 Å². The molecule has 1 aromatic heterocycles. The van der Waals surface area contributed by atoms with Crippen molar-refractivity contribution in [3.05, 3.63) is 58.3 Å². The zero-order chi connectivity index (χ0) is 13.1. The monoisotopic (exact) mass is 312 g/mol. The second kappa shape index (κ2) is 5.22. The lowest BCUT2D eigenvalue weighted by Gasteiger charge is -2.08. The topological polar surface area (TPSA) is 42.0 Å². The smallest absolute Gasteiger partial charge is 0.257 e. The van der Waals surface area contributed by atoms with Gasteiger partial charge in [-0.05, 0) is 34.1 Å². The average molecular weight is 313 g/mol. The number of rotatable bonds is 2. The van der Waals surface area contributed by atoms with Crippen LogP contribution in [0.1, 0.15) is 10.4 Å². The van der Waals surface area contributed by atoms with Crippen LogP contribution < -0.4 is 5.32 Å². The van der Waals surface area contributed by atoms with Gasteiger partial charge < -0.3 is 5.32 Å². The largest absolute Gasteiger partial charge is 0.321 e. The van der Waals surface area contributed by atoms with E-state index in [0.717, 1.165) is 12.1 Å². The number of halogens is 3. The van der Waals surface area contributed by atoms with Gasteiger partial charge in [0.05, 0.1) is 15.7 Å². The van der Waals surface area contributed by atoms with Crippen LogP contribution in [-0.4, -0.2) is 10.9 Å². The lowest BCUT2D eigenvalue weighted by Crippen LogP contribution is -2.13. The van der Waals surface area contributed by atoms with E-state index in [4.69, 9.17) is 0 Å². The number of nitrogens with one attached hydrogen (secondary N) is 1. The molecule has 2 aromatic rings. The fraction of sp³-hybridized carbons (Fsp3) is 0. The Morgan fingerprint density at radius 2 is 2.11 bits per heavy atom. The molecule has 0 bridgehead atoms. The number of pyridine rings is 1. The van der Waals surface area contributed by atoms with Crippen LogP contribution in [0.2, 0.25) is 0 Å². The average Bonchev–Trinajstić information content (AvgIpc) is 2.36. The summed E-state index contributed by atoms with van der Waals surface area (Å²) in [5.41, 5.74) is 0.329. The summed E-state index contributed by atoms with van der Waals surface area (Å²) >= 11 is 2.94. The second-order valence-electron chi connectivity index (χ2n) is 3.44. The van der Waals surface area contributed by atoms with Crippen molar-refractivity contribution in [3.8, 4) is 0 Å². The van der Waals surface area contributed by atoms with Gasteiger partial charge in [0.15, 0.2) is 0 Å².